The maximum Gasteiger partial charge on any atom is 0.221 e. The van der Waals surface area contributed by atoms with Crippen molar-refractivity contribution < 1.29 is 9.90 Å². The van der Waals surface area contributed by atoms with Gasteiger partial charge in [-0.05, 0) is 19.3 Å². The molecule has 1 atom stereocenters. The fraction of sp³-hybridized carbons (Fsp3) is 0.714. The van der Waals surface area contributed by atoms with Crippen LogP contribution in [0.25, 0.3) is 0 Å². The van der Waals surface area contributed by atoms with Gasteiger partial charge in [-0.1, -0.05) is 13.8 Å². The number of aryl methyl sites for hydroxylation is 1. The van der Waals surface area contributed by atoms with E-state index in [1.165, 1.54) is 0 Å². The normalized spacial score (nSPS) is 12.7. The predicted octanol–water partition coefficient (Wildman–Crippen LogP) is 2.60. The number of rotatable bonds is 9. The van der Waals surface area contributed by atoms with Gasteiger partial charge >= 0.3 is 0 Å². The van der Waals surface area contributed by atoms with E-state index in [0.717, 1.165) is 22.2 Å². The van der Waals surface area contributed by atoms with E-state index in [-0.39, 0.29) is 18.6 Å². The second kappa shape index (κ2) is 9.37. The molecule has 1 aromatic heterocycles. The molecule has 0 saturated carbocycles. The largest absolute Gasteiger partial charge is 0.396 e. The Hall–Kier alpha value is -0.590. The van der Waals surface area contributed by atoms with Crippen LogP contribution in [-0.2, 0) is 10.5 Å². The molecular formula is C14H24N2O2S2. The standard InChI is InChI=1S/C14H24N2O2S2/c1-10(2)13(4-6-17)16-14(18)5-7-19-8-12-9-20-11(3)15-12/h9-10,13,17H,4-8H2,1-3H3,(H,16,18). The fourth-order valence-corrected chi connectivity index (χ4v) is 3.36. The maximum absolute atomic E-state index is 11.8. The van der Waals surface area contributed by atoms with Crippen molar-refractivity contribution >= 4 is 29.0 Å². The molecule has 0 fully saturated rings. The van der Waals surface area contributed by atoms with Gasteiger partial charge in [0, 0.05) is 36.0 Å². The minimum Gasteiger partial charge on any atom is -0.396 e. The third-order valence-corrected chi connectivity index (χ3v) is 4.80. The van der Waals surface area contributed by atoms with Gasteiger partial charge in [-0.15, -0.1) is 11.3 Å². The van der Waals surface area contributed by atoms with E-state index in [0.29, 0.717) is 18.8 Å². The van der Waals surface area contributed by atoms with Crippen LogP contribution in [0.5, 0.6) is 0 Å². The van der Waals surface area contributed by atoms with Crippen molar-refractivity contribution in [3.8, 4) is 0 Å². The SMILES string of the molecule is Cc1nc(CSCCC(=O)NC(CCO)C(C)C)cs1. The summed E-state index contributed by atoms with van der Waals surface area (Å²) >= 11 is 3.39. The van der Waals surface area contributed by atoms with E-state index >= 15 is 0 Å². The lowest BCUT2D eigenvalue weighted by Crippen LogP contribution is -2.39. The Kier molecular flexibility index (Phi) is 8.18. The van der Waals surface area contributed by atoms with Gasteiger partial charge in [0.1, 0.15) is 0 Å². The Morgan fingerprint density at radius 3 is 2.85 bits per heavy atom. The van der Waals surface area contributed by atoms with Crippen LogP contribution in [-0.4, -0.2) is 34.4 Å². The zero-order valence-corrected chi connectivity index (χ0v) is 14.0. The zero-order valence-electron chi connectivity index (χ0n) is 12.4. The average molecular weight is 316 g/mol. The topological polar surface area (TPSA) is 62.2 Å². The highest BCUT2D eigenvalue weighted by Crippen LogP contribution is 2.15. The maximum atomic E-state index is 11.8. The van der Waals surface area contributed by atoms with Gasteiger partial charge in [-0.2, -0.15) is 11.8 Å². The minimum atomic E-state index is 0.0682. The van der Waals surface area contributed by atoms with Crippen LogP contribution in [0, 0.1) is 12.8 Å². The average Bonchev–Trinajstić information content (AvgIpc) is 2.80. The molecule has 4 nitrogen and oxygen atoms in total. The second-order valence-corrected chi connectivity index (χ2v) is 7.26. The van der Waals surface area contributed by atoms with Crippen molar-refractivity contribution in [2.75, 3.05) is 12.4 Å². The van der Waals surface area contributed by atoms with Gasteiger partial charge in [-0.3, -0.25) is 4.79 Å². The first-order valence-corrected chi connectivity index (χ1v) is 8.95. The molecule has 0 bridgehead atoms. The van der Waals surface area contributed by atoms with Gasteiger partial charge in [-0.25, -0.2) is 4.98 Å². The summed E-state index contributed by atoms with van der Waals surface area (Å²) in [4.78, 5) is 16.2. The lowest BCUT2D eigenvalue weighted by atomic mass is 10.0. The number of hydrogen-bond donors (Lipinski definition) is 2. The van der Waals surface area contributed by atoms with Crippen LogP contribution in [0.1, 0.15) is 37.4 Å². The summed E-state index contributed by atoms with van der Waals surface area (Å²) in [7, 11) is 0. The van der Waals surface area contributed by atoms with Crippen molar-refractivity contribution in [2.45, 2.75) is 45.4 Å². The molecule has 0 saturated heterocycles. The Balaban J connectivity index is 2.19. The molecule has 0 aromatic carbocycles. The molecule has 1 unspecified atom stereocenters. The summed E-state index contributed by atoms with van der Waals surface area (Å²) in [6.45, 7) is 6.22. The molecule has 114 valence electrons. The van der Waals surface area contributed by atoms with Gasteiger partial charge in [0.25, 0.3) is 0 Å². The first kappa shape index (κ1) is 17.5. The van der Waals surface area contributed by atoms with Gasteiger partial charge in [0.2, 0.25) is 5.91 Å². The second-order valence-electron chi connectivity index (χ2n) is 5.09. The summed E-state index contributed by atoms with van der Waals surface area (Å²) in [5.74, 6) is 2.07. The van der Waals surface area contributed by atoms with Crippen LogP contribution in [0.4, 0.5) is 0 Å². The van der Waals surface area contributed by atoms with Crippen molar-refractivity contribution in [1.29, 1.82) is 0 Å². The number of amides is 1. The fourth-order valence-electron chi connectivity index (χ4n) is 1.81. The van der Waals surface area contributed by atoms with E-state index in [9.17, 15) is 4.79 Å². The van der Waals surface area contributed by atoms with Crippen LogP contribution in [0.15, 0.2) is 5.38 Å². The Morgan fingerprint density at radius 1 is 1.55 bits per heavy atom. The third kappa shape index (κ3) is 6.72. The van der Waals surface area contributed by atoms with Crippen LogP contribution in [0.3, 0.4) is 0 Å². The molecule has 2 N–H and O–H groups in total. The molecule has 0 spiro atoms. The van der Waals surface area contributed by atoms with E-state index in [1.54, 1.807) is 23.1 Å². The molecule has 6 heteroatoms. The molecule has 20 heavy (non-hydrogen) atoms. The summed E-state index contributed by atoms with van der Waals surface area (Å²) in [6.07, 6.45) is 1.14. The number of carbonyl (C=O) groups excluding carboxylic acids is 1. The number of thioether (sulfide) groups is 1. The van der Waals surface area contributed by atoms with Crippen molar-refractivity contribution in [3.63, 3.8) is 0 Å². The molecule has 1 heterocycles. The van der Waals surface area contributed by atoms with E-state index < -0.39 is 0 Å². The molecule has 1 aromatic rings. The van der Waals surface area contributed by atoms with Gasteiger partial charge in [0.15, 0.2) is 0 Å². The Labute approximate surface area is 129 Å². The summed E-state index contributed by atoms with van der Waals surface area (Å²) < 4.78 is 0. The molecular weight excluding hydrogens is 292 g/mol. The monoisotopic (exact) mass is 316 g/mol. The highest BCUT2D eigenvalue weighted by atomic mass is 32.2. The lowest BCUT2D eigenvalue weighted by molar-refractivity contribution is -0.121. The number of aliphatic hydroxyl groups excluding tert-OH is 1. The number of thiazole rings is 1. The number of aromatic nitrogens is 1. The van der Waals surface area contributed by atoms with E-state index in [4.69, 9.17) is 5.11 Å². The molecule has 0 aliphatic heterocycles. The quantitative estimate of drug-likeness (QED) is 0.688. The zero-order chi connectivity index (χ0) is 15.0. The van der Waals surface area contributed by atoms with Crippen LogP contribution >= 0.6 is 23.1 Å². The smallest absolute Gasteiger partial charge is 0.221 e. The first-order valence-electron chi connectivity index (χ1n) is 6.92. The molecule has 0 aliphatic rings. The van der Waals surface area contributed by atoms with Crippen molar-refractivity contribution in [2.24, 2.45) is 5.92 Å². The Morgan fingerprint density at radius 2 is 2.30 bits per heavy atom. The number of carbonyl (C=O) groups is 1. The number of aliphatic hydroxyl groups is 1. The molecule has 0 aliphatic carbocycles. The van der Waals surface area contributed by atoms with Gasteiger partial charge < -0.3 is 10.4 Å². The number of nitrogens with one attached hydrogen (secondary N) is 1. The summed E-state index contributed by atoms with van der Waals surface area (Å²) in [5.41, 5.74) is 1.10. The Bertz CT molecular complexity index is 408. The summed E-state index contributed by atoms with van der Waals surface area (Å²) in [6, 6.07) is 0.0682. The van der Waals surface area contributed by atoms with Gasteiger partial charge in [0.05, 0.1) is 10.7 Å². The molecule has 0 radical (unpaired) electrons. The first-order chi connectivity index (χ1) is 9.52. The highest BCUT2D eigenvalue weighted by molar-refractivity contribution is 7.98. The predicted molar refractivity (Wildman–Crippen MR) is 86.1 cm³/mol. The number of hydrogen-bond acceptors (Lipinski definition) is 5. The van der Waals surface area contributed by atoms with E-state index in [1.807, 2.05) is 6.92 Å². The highest BCUT2D eigenvalue weighted by Gasteiger charge is 2.15. The third-order valence-electron chi connectivity index (χ3n) is 2.98. The lowest BCUT2D eigenvalue weighted by Gasteiger charge is -2.21. The van der Waals surface area contributed by atoms with E-state index in [2.05, 4.69) is 29.5 Å². The molecule has 1 amide bonds. The number of nitrogens with zero attached hydrogens (tertiary/aromatic N) is 1. The van der Waals surface area contributed by atoms with Crippen LogP contribution in [0.2, 0.25) is 0 Å². The minimum absolute atomic E-state index is 0.0682. The van der Waals surface area contributed by atoms with Crippen molar-refractivity contribution in [1.82, 2.24) is 10.3 Å². The van der Waals surface area contributed by atoms with Crippen LogP contribution < -0.4 is 5.32 Å². The van der Waals surface area contributed by atoms with Crippen molar-refractivity contribution in [3.05, 3.63) is 16.1 Å². The summed E-state index contributed by atoms with van der Waals surface area (Å²) in [5, 5.41) is 15.1. The molecule has 1 rings (SSSR count).